The van der Waals surface area contributed by atoms with E-state index in [1.165, 1.54) is 25.8 Å². The van der Waals surface area contributed by atoms with Gasteiger partial charge in [-0.2, -0.15) is 0 Å². The largest absolute Gasteiger partial charge is 0.449 e. The molecule has 0 aliphatic carbocycles. The van der Waals surface area contributed by atoms with Gasteiger partial charge in [-0.1, -0.05) is 13.3 Å². The Balaban J connectivity index is 1.95. The van der Waals surface area contributed by atoms with E-state index >= 15 is 0 Å². The predicted octanol–water partition coefficient (Wildman–Crippen LogP) is 2.22. The summed E-state index contributed by atoms with van der Waals surface area (Å²) in [6.45, 7) is 6.05. The predicted molar refractivity (Wildman–Crippen MR) is 69.5 cm³/mol. The maximum absolute atomic E-state index is 11.0. The fourth-order valence-corrected chi connectivity index (χ4v) is 2.69. The lowest BCUT2D eigenvalue weighted by Crippen LogP contribution is -2.40. The van der Waals surface area contributed by atoms with Gasteiger partial charge >= 0.3 is 0 Å². The minimum atomic E-state index is 0.128. The minimum Gasteiger partial charge on any atom is -0.449 e. The van der Waals surface area contributed by atoms with E-state index in [4.69, 9.17) is 4.42 Å². The highest BCUT2D eigenvalue weighted by Gasteiger charge is 2.23. The number of rotatable bonds is 5. The molecular weight excluding hydrogens is 228 g/mol. The van der Waals surface area contributed by atoms with Gasteiger partial charge in [0.05, 0.1) is 12.1 Å². The van der Waals surface area contributed by atoms with Crippen LogP contribution in [0, 0.1) is 0 Å². The molecule has 1 aliphatic heterocycles. The van der Waals surface area contributed by atoms with Crippen LogP contribution in [0.3, 0.4) is 0 Å². The number of ketones is 1. The van der Waals surface area contributed by atoms with Crippen molar-refractivity contribution < 1.29 is 9.21 Å². The van der Waals surface area contributed by atoms with E-state index in [9.17, 15) is 4.79 Å². The van der Waals surface area contributed by atoms with Gasteiger partial charge in [-0.25, -0.2) is 4.98 Å². The number of piperidine rings is 1. The SMILES string of the molecule is CCN1CCCCC1Cc1nc(CC(C)=O)co1. The van der Waals surface area contributed by atoms with Crippen LogP contribution in [0.15, 0.2) is 10.7 Å². The molecule has 1 aliphatic rings. The summed E-state index contributed by atoms with van der Waals surface area (Å²) in [6, 6.07) is 0.549. The fourth-order valence-electron chi connectivity index (χ4n) is 2.69. The lowest BCUT2D eigenvalue weighted by Gasteiger charge is -2.34. The highest BCUT2D eigenvalue weighted by atomic mass is 16.3. The average molecular weight is 250 g/mol. The molecule has 1 unspecified atom stereocenters. The van der Waals surface area contributed by atoms with E-state index in [1.807, 2.05) is 0 Å². The van der Waals surface area contributed by atoms with Crippen molar-refractivity contribution in [3.05, 3.63) is 17.8 Å². The van der Waals surface area contributed by atoms with Gasteiger partial charge in [-0.3, -0.25) is 4.79 Å². The molecule has 1 fully saturated rings. The summed E-state index contributed by atoms with van der Waals surface area (Å²) in [6.07, 6.45) is 6.68. The topological polar surface area (TPSA) is 46.3 Å². The van der Waals surface area contributed by atoms with Gasteiger partial charge in [0.15, 0.2) is 5.89 Å². The summed E-state index contributed by atoms with van der Waals surface area (Å²) in [5.41, 5.74) is 0.761. The molecule has 100 valence electrons. The van der Waals surface area contributed by atoms with Gasteiger partial charge in [-0.15, -0.1) is 0 Å². The zero-order valence-corrected chi connectivity index (χ0v) is 11.3. The fraction of sp³-hybridized carbons (Fsp3) is 0.714. The van der Waals surface area contributed by atoms with Crippen LogP contribution < -0.4 is 0 Å². The summed E-state index contributed by atoms with van der Waals surface area (Å²) < 4.78 is 5.47. The standard InChI is InChI=1S/C14H22N2O2/c1-3-16-7-5-4-6-13(16)9-14-15-12(10-18-14)8-11(2)17/h10,13H,3-9H2,1-2H3. The first-order valence-corrected chi connectivity index (χ1v) is 6.85. The third-order valence-electron chi connectivity index (χ3n) is 3.59. The summed E-state index contributed by atoms with van der Waals surface area (Å²) in [5.74, 6) is 0.902. The van der Waals surface area contributed by atoms with Crippen LogP contribution in [0.2, 0.25) is 0 Å². The highest BCUT2D eigenvalue weighted by molar-refractivity contribution is 5.77. The zero-order valence-electron chi connectivity index (χ0n) is 11.3. The van der Waals surface area contributed by atoms with Crippen LogP contribution >= 0.6 is 0 Å². The number of hydrogen-bond donors (Lipinski definition) is 0. The Morgan fingerprint density at radius 1 is 1.56 bits per heavy atom. The first kappa shape index (κ1) is 13.3. The molecule has 0 N–H and O–H groups in total. The average Bonchev–Trinajstić information content (AvgIpc) is 2.76. The number of Topliss-reactive ketones (excluding diaryl/α,β-unsaturated/α-hetero) is 1. The van der Waals surface area contributed by atoms with E-state index in [0.29, 0.717) is 12.5 Å². The van der Waals surface area contributed by atoms with E-state index in [0.717, 1.165) is 24.6 Å². The molecule has 4 nitrogen and oxygen atoms in total. The van der Waals surface area contributed by atoms with Crippen molar-refractivity contribution in [2.45, 2.75) is 52.0 Å². The van der Waals surface area contributed by atoms with Crippen molar-refractivity contribution in [1.29, 1.82) is 0 Å². The molecule has 0 amide bonds. The van der Waals surface area contributed by atoms with Gasteiger partial charge in [0.2, 0.25) is 0 Å². The molecule has 1 atom stereocenters. The van der Waals surface area contributed by atoms with Gasteiger partial charge in [-0.05, 0) is 32.9 Å². The van der Waals surface area contributed by atoms with Crippen LogP contribution in [0.25, 0.3) is 0 Å². The van der Waals surface area contributed by atoms with Gasteiger partial charge in [0, 0.05) is 12.5 Å². The molecule has 1 saturated heterocycles. The second-order valence-corrected chi connectivity index (χ2v) is 5.09. The normalized spacial score (nSPS) is 21.1. The second-order valence-electron chi connectivity index (χ2n) is 5.09. The quantitative estimate of drug-likeness (QED) is 0.804. The van der Waals surface area contributed by atoms with Gasteiger partial charge in [0.25, 0.3) is 0 Å². The molecule has 18 heavy (non-hydrogen) atoms. The Labute approximate surface area is 108 Å². The molecule has 0 radical (unpaired) electrons. The van der Waals surface area contributed by atoms with Crippen LogP contribution in [0.4, 0.5) is 0 Å². The summed E-state index contributed by atoms with van der Waals surface area (Å²) >= 11 is 0. The number of aromatic nitrogens is 1. The molecule has 0 aromatic carbocycles. The molecule has 0 bridgehead atoms. The zero-order chi connectivity index (χ0) is 13.0. The van der Waals surface area contributed by atoms with Crippen molar-refractivity contribution in [2.24, 2.45) is 0 Å². The number of oxazole rings is 1. The molecule has 0 spiro atoms. The second kappa shape index (κ2) is 6.14. The number of hydrogen-bond acceptors (Lipinski definition) is 4. The Hall–Kier alpha value is -1.16. The molecule has 2 rings (SSSR count). The van der Waals surface area contributed by atoms with Crippen molar-refractivity contribution in [1.82, 2.24) is 9.88 Å². The Morgan fingerprint density at radius 2 is 2.39 bits per heavy atom. The van der Waals surface area contributed by atoms with Crippen molar-refractivity contribution >= 4 is 5.78 Å². The van der Waals surface area contributed by atoms with Crippen LogP contribution in [-0.2, 0) is 17.6 Å². The first-order valence-electron chi connectivity index (χ1n) is 6.85. The van der Waals surface area contributed by atoms with E-state index in [2.05, 4.69) is 16.8 Å². The Bertz CT molecular complexity index is 400. The maximum Gasteiger partial charge on any atom is 0.195 e. The first-order chi connectivity index (χ1) is 8.69. The van der Waals surface area contributed by atoms with Crippen LogP contribution in [0.5, 0.6) is 0 Å². The van der Waals surface area contributed by atoms with E-state index in [-0.39, 0.29) is 5.78 Å². The van der Waals surface area contributed by atoms with Crippen LogP contribution in [0.1, 0.15) is 44.7 Å². The van der Waals surface area contributed by atoms with Gasteiger partial charge in [0.1, 0.15) is 12.0 Å². The Kier molecular flexibility index (Phi) is 4.53. The van der Waals surface area contributed by atoms with Crippen molar-refractivity contribution in [3.8, 4) is 0 Å². The van der Waals surface area contributed by atoms with Gasteiger partial charge < -0.3 is 9.32 Å². The van der Waals surface area contributed by atoms with E-state index in [1.54, 1.807) is 13.2 Å². The molecule has 4 heteroatoms. The monoisotopic (exact) mass is 250 g/mol. The molecule has 1 aromatic rings. The third-order valence-corrected chi connectivity index (χ3v) is 3.59. The number of carbonyl (C=O) groups excluding carboxylic acids is 1. The lowest BCUT2D eigenvalue weighted by atomic mass is 9.99. The smallest absolute Gasteiger partial charge is 0.195 e. The highest BCUT2D eigenvalue weighted by Crippen LogP contribution is 2.20. The number of carbonyl (C=O) groups is 1. The number of nitrogens with zero attached hydrogens (tertiary/aromatic N) is 2. The third kappa shape index (κ3) is 3.42. The maximum atomic E-state index is 11.0. The molecule has 1 aromatic heterocycles. The molecular formula is C14H22N2O2. The molecule has 2 heterocycles. The van der Waals surface area contributed by atoms with Crippen molar-refractivity contribution in [2.75, 3.05) is 13.1 Å². The minimum absolute atomic E-state index is 0.128. The Morgan fingerprint density at radius 3 is 3.11 bits per heavy atom. The van der Waals surface area contributed by atoms with Crippen LogP contribution in [-0.4, -0.2) is 34.8 Å². The number of likely N-dealkylation sites (tertiary alicyclic amines) is 1. The molecule has 0 saturated carbocycles. The summed E-state index contributed by atoms with van der Waals surface area (Å²) in [4.78, 5) is 17.9. The van der Waals surface area contributed by atoms with Crippen molar-refractivity contribution in [3.63, 3.8) is 0 Å². The summed E-state index contributed by atoms with van der Waals surface area (Å²) in [5, 5.41) is 0. The lowest BCUT2D eigenvalue weighted by molar-refractivity contribution is -0.116. The number of likely N-dealkylation sites (N-methyl/N-ethyl adjacent to an activating group) is 1. The van der Waals surface area contributed by atoms with E-state index < -0.39 is 0 Å². The summed E-state index contributed by atoms with van der Waals surface area (Å²) in [7, 11) is 0.